The lowest BCUT2D eigenvalue weighted by Gasteiger charge is -2.08. The van der Waals surface area contributed by atoms with E-state index in [0.29, 0.717) is 23.4 Å². The second kappa shape index (κ2) is 6.70. The molecule has 0 aromatic heterocycles. The molecule has 4 heteroatoms. The molecule has 0 atom stereocenters. The van der Waals surface area contributed by atoms with Crippen LogP contribution in [0.4, 0.5) is 4.39 Å². The smallest absolute Gasteiger partial charge is 0.129 e. The van der Waals surface area contributed by atoms with Crippen LogP contribution in [0, 0.1) is 5.82 Å². The summed E-state index contributed by atoms with van der Waals surface area (Å²) in [5.41, 5.74) is 2.20. The topological polar surface area (TPSA) is 41.8 Å². The third-order valence-electron chi connectivity index (χ3n) is 2.91. The van der Waals surface area contributed by atoms with E-state index in [-0.39, 0.29) is 12.4 Å². The molecule has 0 aliphatic carbocycles. The summed E-state index contributed by atoms with van der Waals surface area (Å²) >= 11 is 0. The van der Waals surface area contributed by atoms with Crippen LogP contribution in [-0.4, -0.2) is 10.9 Å². The van der Waals surface area contributed by atoms with Gasteiger partial charge in [0.2, 0.25) is 0 Å². The summed E-state index contributed by atoms with van der Waals surface area (Å²) in [7, 11) is 0. The maximum Gasteiger partial charge on any atom is 0.129 e. The summed E-state index contributed by atoms with van der Waals surface area (Å²) in [6, 6.07) is 14.0. The Hall–Kier alpha value is -2.36. The van der Waals surface area contributed by atoms with Gasteiger partial charge in [-0.1, -0.05) is 35.5 Å². The predicted molar refractivity (Wildman–Crippen MR) is 75.8 cm³/mol. The van der Waals surface area contributed by atoms with Gasteiger partial charge in [-0.05, 0) is 30.7 Å². The minimum absolute atomic E-state index is 0.198. The van der Waals surface area contributed by atoms with Gasteiger partial charge < -0.3 is 9.94 Å². The van der Waals surface area contributed by atoms with E-state index in [1.807, 2.05) is 24.3 Å². The van der Waals surface area contributed by atoms with E-state index >= 15 is 0 Å². The van der Waals surface area contributed by atoms with Gasteiger partial charge in [0.15, 0.2) is 0 Å². The number of hydrogen-bond donors (Lipinski definition) is 1. The highest BCUT2D eigenvalue weighted by Crippen LogP contribution is 2.16. The quantitative estimate of drug-likeness (QED) is 0.511. The normalized spacial score (nSPS) is 11.4. The van der Waals surface area contributed by atoms with Crippen LogP contribution in [0.5, 0.6) is 5.75 Å². The Balaban J connectivity index is 1.96. The first-order valence-corrected chi connectivity index (χ1v) is 6.31. The zero-order chi connectivity index (χ0) is 14.4. The monoisotopic (exact) mass is 273 g/mol. The maximum atomic E-state index is 13.4. The summed E-state index contributed by atoms with van der Waals surface area (Å²) in [6.45, 7) is 1.95. The van der Waals surface area contributed by atoms with Crippen LogP contribution in [0.25, 0.3) is 0 Å². The second-order valence-corrected chi connectivity index (χ2v) is 4.54. The molecule has 0 aliphatic rings. The first-order chi connectivity index (χ1) is 9.69. The molecule has 1 N–H and O–H groups in total. The third kappa shape index (κ3) is 3.82. The standard InChI is InChI=1S/C16H16FNO2/c1-12(18-19)10-13-6-8-15(9-7-13)20-11-14-4-2-3-5-16(14)17/h2-9,19H,10-11H2,1H3/b18-12-. The fourth-order valence-corrected chi connectivity index (χ4v) is 1.81. The molecule has 0 aliphatic heterocycles. The van der Waals surface area contributed by atoms with Crippen molar-refractivity contribution in [3.8, 4) is 5.75 Å². The first-order valence-electron chi connectivity index (χ1n) is 6.31. The van der Waals surface area contributed by atoms with E-state index in [1.165, 1.54) is 6.07 Å². The van der Waals surface area contributed by atoms with E-state index in [1.54, 1.807) is 25.1 Å². The van der Waals surface area contributed by atoms with Gasteiger partial charge in [0, 0.05) is 12.0 Å². The van der Waals surface area contributed by atoms with Gasteiger partial charge in [-0.15, -0.1) is 0 Å². The molecule has 2 rings (SSSR count). The zero-order valence-electron chi connectivity index (χ0n) is 11.2. The highest BCUT2D eigenvalue weighted by molar-refractivity contribution is 5.83. The van der Waals surface area contributed by atoms with Gasteiger partial charge in [-0.3, -0.25) is 0 Å². The fourth-order valence-electron chi connectivity index (χ4n) is 1.81. The van der Waals surface area contributed by atoms with E-state index in [4.69, 9.17) is 9.94 Å². The van der Waals surface area contributed by atoms with Crippen molar-refractivity contribution in [1.29, 1.82) is 0 Å². The number of rotatable bonds is 5. The minimum atomic E-state index is -0.265. The predicted octanol–water partition coefficient (Wildman–Crippen LogP) is 3.80. The SMILES string of the molecule is C/C(Cc1ccc(OCc2ccccc2F)cc1)=N/O. The third-order valence-corrected chi connectivity index (χ3v) is 2.91. The molecule has 0 heterocycles. The molecule has 104 valence electrons. The largest absolute Gasteiger partial charge is 0.489 e. The van der Waals surface area contributed by atoms with Crippen molar-refractivity contribution in [3.63, 3.8) is 0 Å². The molecule has 20 heavy (non-hydrogen) atoms. The average Bonchev–Trinajstić information content (AvgIpc) is 2.48. The molecule has 3 nitrogen and oxygen atoms in total. The molecule has 0 saturated carbocycles. The van der Waals surface area contributed by atoms with Crippen LogP contribution in [0.1, 0.15) is 18.1 Å². The Morgan fingerprint density at radius 2 is 1.85 bits per heavy atom. The molecule has 0 unspecified atom stereocenters. The highest BCUT2D eigenvalue weighted by atomic mass is 19.1. The van der Waals surface area contributed by atoms with Crippen molar-refractivity contribution in [2.75, 3.05) is 0 Å². The van der Waals surface area contributed by atoms with Crippen LogP contribution in [0.15, 0.2) is 53.7 Å². The fraction of sp³-hybridized carbons (Fsp3) is 0.188. The van der Waals surface area contributed by atoms with Crippen LogP contribution in [-0.2, 0) is 13.0 Å². The maximum absolute atomic E-state index is 13.4. The number of halogens is 1. The van der Waals surface area contributed by atoms with Gasteiger partial charge in [0.1, 0.15) is 18.2 Å². The molecular formula is C16H16FNO2. The van der Waals surface area contributed by atoms with Gasteiger partial charge in [-0.2, -0.15) is 0 Å². The highest BCUT2D eigenvalue weighted by Gasteiger charge is 2.02. The Morgan fingerprint density at radius 1 is 1.15 bits per heavy atom. The molecule has 0 amide bonds. The number of oxime groups is 1. The molecule has 2 aromatic carbocycles. The molecular weight excluding hydrogens is 257 g/mol. The zero-order valence-corrected chi connectivity index (χ0v) is 11.2. The lowest BCUT2D eigenvalue weighted by molar-refractivity contribution is 0.300. The van der Waals surface area contributed by atoms with Crippen molar-refractivity contribution >= 4 is 5.71 Å². The van der Waals surface area contributed by atoms with Crippen molar-refractivity contribution in [2.45, 2.75) is 20.0 Å². The number of benzene rings is 2. The summed E-state index contributed by atoms with van der Waals surface area (Å²) < 4.78 is 19.0. The first kappa shape index (κ1) is 14.1. The van der Waals surface area contributed by atoms with Crippen molar-refractivity contribution in [1.82, 2.24) is 0 Å². The second-order valence-electron chi connectivity index (χ2n) is 4.54. The minimum Gasteiger partial charge on any atom is -0.489 e. The van der Waals surface area contributed by atoms with Crippen LogP contribution < -0.4 is 4.74 Å². The summed E-state index contributed by atoms with van der Waals surface area (Å²) in [5.74, 6) is 0.412. The summed E-state index contributed by atoms with van der Waals surface area (Å²) in [5, 5.41) is 11.8. The van der Waals surface area contributed by atoms with Gasteiger partial charge in [0.05, 0.1) is 5.71 Å². The van der Waals surface area contributed by atoms with Crippen LogP contribution in [0.2, 0.25) is 0 Å². The lowest BCUT2D eigenvalue weighted by Crippen LogP contribution is -1.99. The van der Waals surface area contributed by atoms with Crippen molar-refractivity contribution < 1.29 is 14.3 Å². The average molecular weight is 273 g/mol. The van der Waals surface area contributed by atoms with Crippen molar-refractivity contribution in [3.05, 3.63) is 65.5 Å². The number of hydrogen-bond acceptors (Lipinski definition) is 3. The Kier molecular flexibility index (Phi) is 4.71. The lowest BCUT2D eigenvalue weighted by atomic mass is 10.1. The molecule has 0 spiro atoms. The van der Waals surface area contributed by atoms with Gasteiger partial charge in [0.25, 0.3) is 0 Å². The van der Waals surface area contributed by atoms with E-state index in [2.05, 4.69) is 5.16 Å². The number of ether oxygens (including phenoxy) is 1. The van der Waals surface area contributed by atoms with Crippen molar-refractivity contribution in [2.24, 2.45) is 5.16 Å². The van der Waals surface area contributed by atoms with Crippen LogP contribution in [0.3, 0.4) is 0 Å². The Morgan fingerprint density at radius 3 is 2.50 bits per heavy atom. The molecule has 0 fully saturated rings. The van der Waals surface area contributed by atoms with E-state index in [9.17, 15) is 4.39 Å². The molecule has 2 aromatic rings. The summed E-state index contributed by atoms with van der Waals surface area (Å²) in [6.07, 6.45) is 0.587. The number of nitrogens with zero attached hydrogens (tertiary/aromatic N) is 1. The van der Waals surface area contributed by atoms with Gasteiger partial charge >= 0.3 is 0 Å². The van der Waals surface area contributed by atoms with E-state index < -0.39 is 0 Å². The Bertz CT molecular complexity index is 594. The van der Waals surface area contributed by atoms with Crippen LogP contribution >= 0.6 is 0 Å². The molecule has 0 radical (unpaired) electrons. The molecule has 0 saturated heterocycles. The van der Waals surface area contributed by atoms with E-state index in [0.717, 1.165) is 5.56 Å². The summed E-state index contributed by atoms with van der Waals surface area (Å²) in [4.78, 5) is 0. The molecule has 0 bridgehead atoms. The van der Waals surface area contributed by atoms with Gasteiger partial charge in [-0.25, -0.2) is 4.39 Å². The Labute approximate surface area is 117 Å².